The van der Waals surface area contributed by atoms with Crippen LogP contribution >= 0.6 is 11.8 Å². The van der Waals surface area contributed by atoms with Crippen molar-refractivity contribution in [2.75, 3.05) is 32.5 Å². The minimum absolute atomic E-state index is 0.154. The van der Waals surface area contributed by atoms with Crippen LogP contribution in [-0.4, -0.2) is 115 Å². The molecule has 1 fully saturated rings. The van der Waals surface area contributed by atoms with Gasteiger partial charge in [0.2, 0.25) is 35.4 Å². The molecule has 6 atom stereocenters. The zero-order chi connectivity index (χ0) is 53.3. The lowest BCUT2D eigenvalue weighted by Gasteiger charge is -2.36. The summed E-state index contributed by atoms with van der Waals surface area (Å²) in [6, 6.07) is 24.1. The number of esters is 3. The monoisotopic (exact) mass is 1020 g/mol. The van der Waals surface area contributed by atoms with E-state index < -0.39 is 101 Å². The van der Waals surface area contributed by atoms with Crippen LogP contribution in [0.15, 0.2) is 103 Å². The number of fused-ring (bicyclic) bond motifs is 2. The quantitative estimate of drug-likeness (QED) is 0.0324. The van der Waals surface area contributed by atoms with E-state index in [1.807, 2.05) is 97.1 Å². The largest absolute Gasteiger partial charge is 0.467 e. The summed E-state index contributed by atoms with van der Waals surface area (Å²) in [5.41, 5.74) is 0.698. The molecule has 2 bridgehead atoms. The van der Waals surface area contributed by atoms with Crippen LogP contribution in [-0.2, 0) is 62.1 Å². The third-order valence-corrected chi connectivity index (χ3v) is 13.5. The molecule has 3 aromatic carbocycles. The zero-order valence-corrected chi connectivity index (χ0v) is 43.3. The maximum atomic E-state index is 14.7. The molecule has 2 aliphatic rings. The number of ether oxygens (including phenoxy) is 3. The molecule has 1 saturated carbocycles. The van der Waals surface area contributed by atoms with Crippen molar-refractivity contribution in [3.8, 4) is 0 Å². The zero-order valence-electron chi connectivity index (χ0n) is 42.5. The van der Waals surface area contributed by atoms with Gasteiger partial charge in [-0.2, -0.15) is 0 Å². The molecule has 73 heavy (non-hydrogen) atoms. The Hall–Kier alpha value is -7.02. The van der Waals surface area contributed by atoms with Gasteiger partial charge in [0.05, 0.1) is 37.9 Å². The molecule has 0 radical (unpaired) electrons. The van der Waals surface area contributed by atoms with E-state index in [9.17, 15) is 43.2 Å². The van der Waals surface area contributed by atoms with Gasteiger partial charge in [-0.25, -0.2) is 4.79 Å². The van der Waals surface area contributed by atoms with Crippen molar-refractivity contribution in [1.82, 2.24) is 31.9 Å². The van der Waals surface area contributed by atoms with Crippen LogP contribution < -0.4 is 31.9 Å². The van der Waals surface area contributed by atoms with Crippen molar-refractivity contribution in [1.29, 1.82) is 0 Å². The fourth-order valence-electron chi connectivity index (χ4n) is 8.62. The highest BCUT2D eigenvalue weighted by Gasteiger charge is 2.41. The van der Waals surface area contributed by atoms with E-state index in [1.54, 1.807) is 41.5 Å². The third-order valence-electron chi connectivity index (χ3n) is 11.9. The second kappa shape index (κ2) is 26.1. The Balaban J connectivity index is 1.37. The molecule has 0 heterocycles. The fourth-order valence-corrected chi connectivity index (χ4v) is 10.2. The number of hydrogen-bond donors (Lipinski definition) is 6. The first-order valence-corrected chi connectivity index (χ1v) is 25.3. The summed E-state index contributed by atoms with van der Waals surface area (Å²) in [5, 5.41) is 15.3. The Morgan fingerprint density at radius 2 is 1.05 bits per heavy atom. The second-order valence-electron chi connectivity index (χ2n) is 19.9. The highest BCUT2D eigenvalue weighted by atomic mass is 32.2. The lowest BCUT2D eigenvalue weighted by atomic mass is 9.84. The van der Waals surface area contributed by atoms with E-state index in [0.29, 0.717) is 5.92 Å². The molecule has 6 amide bonds. The van der Waals surface area contributed by atoms with Gasteiger partial charge in [-0.15, -0.1) is 11.8 Å². The molecule has 1 unspecified atom stereocenters. The molecule has 5 rings (SSSR count). The Bertz CT molecular complexity index is 2360. The number of benzene rings is 3. The number of carbonyl (C=O) groups excluding carboxylic acids is 9. The Morgan fingerprint density at radius 3 is 1.53 bits per heavy atom. The molecule has 19 heteroatoms. The molecular formula is C54H68N6O12S. The van der Waals surface area contributed by atoms with Gasteiger partial charge in [0, 0.05) is 18.1 Å². The van der Waals surface area contributed by atoms with Crippen molar-refractivity contribution in [3.63, 3.8) is 0 Å². The molecular weight excluding hydrogens is 957 g/mol. The summed E-state index contributed by atoms with van der Waals surface area (Å²) in [5.74, 6) is -6.54. The predicted molar refractivity (Wildman–Crippen MR) is 273 cm³/mol. The van der Waals surface area contributed by atoms with Crippen molar-refractivity contribution >= 4 is 65.1 Å². The van der Waals surface area contributed by atoms with E-state index in [2.05, 4.69) is 38.0 Å². The number of hydrogen-bond acceptors (Lipinski definition) is 13. The predicted octanol–water partition coefficient (Wildman–Crippen LogP) is 3.75. The SMILES string of the molecule is COC(=O)[C@H](CC(=O)OC(C)(C)C)NC(=O)[C@H](CSC(c1ccccc1)(c1ccccc1)c1ccccc1)NC(=O)[C@H](CCC(=O)OC(C)(C)C)NC(=O)CNC(=O)CNC(=O)CNC(=O)C1C[C@@H]2C=C[C@H]1C2. The molecule has 0 aliphatic heterocycles. The van der Waals surface area contributed by atoms with Gasteiger partial charge in [-0.05, 0) is 89.3 Å². The number of thioether (sulfide) groups is 1. The molecule has 6 N–H and O–H groups in total. The number of carbonyl (C=O) groups is 9. The Labute approximate surface area is 430 Å². The number of nitrogens with one attached hydrogen (secondary N) is 6. The highest BCUT2D eigenvalue weighted by Crippen LogP contribution is 2.49. The molecule has 3 aromatic rings. The van der Waals surface area contributed by atoms with Crippen molar-refractivity contribution in [2.24, 2.45) is 17.8 Å². The summed E-state index contributed by atoms with van der Waals surface area (Å²) in [7, 11) is 1.09. The Kier molecular flexibility index (Phi) is 20.3. The van der Waals surface area contributed by atoms with Gasteiger partial charge in [0.15, 0.2) is 0 Å². The maximum Gasteiger partial charge on any atom is 0.328 e. The van der Waals surface area contributed by atoms with Gasteiger partial charge in [0.25, 0.3) is 0 Å². The molecule has 2 aliphatic carbocycles. The van der Waals surface area contributed by atoms with Gasteiger partial charge in [-0.1, -0.05) is 103 Å². The summed E-state index contributed by atoms with van der Waals surface area (Å²) >= 11 is 1.31. The second-order valence-corrected chi connectivity index (χ2v) is 21.2. The number of allylic oxidation sites excluding steroid dienone is 2. The van der Waals surface area contributed by atoms with Crippen LogP contribution in [0, 0.1) is 17.8 Å². The minimum Gasteiger partial charge on any atom is -0.467 e. The van der Waals surface area contributed by atoms with E-state index in [0.717, 1.165) is 36.6 Å². The molecule has 392 valence electrons. The first-order valence-electron chi connectivity index (χ1n) is 24.3. The summed E-state index contributed by atoms with van der Waals surface area (Å²) in [4.78, 5) is 120. The third kappa shape index (κ3) is 17.3. The average Bonchev–Trinajstić information content (AvgIpc) is 3.99. The van der Waals surface area contributed by atoms with Gasteiger partial charge < -0.3 is 46.1 Å². The number of amides is 6. The summed E-state index contributed by atoms with van der Waals surface area (Å²) < 4.78 is 14.9. The van der Waals surface area contributed by atoms with Gasteiger partial charge >= 0.3 is 17.9 Å². The van der Waals surface area contributed by atoms with Crippen LogP contribution in [0.1, 0.15) is 90.3 Å². The first-order chi connectivity index (χ1) is 34.6. The van der Waals surface area contributed by atoms with Crippen LogP contribution in [0.25, 0.3) is 0 Å². The lowest BCUT2D eigenvalue weighted by Crippen LogP contribution is -2.58. The Morgan fingerprint density at radius 1 is 0.575 bits per heavy atom. The fraction of sp³-hybridized carbons (Fsp3) is 0.463. The van der Waals surface area contributed by atoms with E-state index >= 15 is 0 Å². The van der Waals surface area contributed by atoms with Crippen molar-refractivity contribution < 1.29 is 57.4 Å². The summed E-state index contributed by atoms with van der Waals surface area (Å²) in [6.07, 6.45) is 4.51. The van der Waals surface area contributed by atoms with Crippen LogP contribution in [0.3, 0.4) is 0 Å². The van der Waals surface area contributed by atoms with E-state index in [1.165, 1.54) is 11.8 Å². The van der Waals surface area contributed by atoms with Crippen LogP contribution in [0.5, 0.6) is 0 Å². The summed E-state index contributed by atoms with van der Waals surface area (Å²) in [6.45, 7) is 8.42. The standard InChI is InChI=1S/C54H68N6O12S/c1-52(2,3)71-46(64)26-25-40(58-45(63)32-56-43(61)30-55-44(62)31-57-48(66)39-28-34-23-24-35(39)27-34)49(67)60-42(50(68)59-41(51(69)70-7)29-47(65)72-53(4,5)6)33-73-54(36-17-11-8-12-18-36,37-19-13-9-14-20-37)38-21-15-10-16-22-38/h8-24,34-35,39-42H,25-33H2,1-7H3,(H,55,62)(H,56,61)(H,57,66)(H,58,63)(H,59,68)(H,60,67)/t34-,35+,39?,40+,41+,42+/m1/s1. The highest BCUT2D eigenvalue weighted by molar-refractivity contribution is 8.00. The molecule has 0 aromatic heterocycles. The smallest absolute Gasteiger partial charge is 0.328 e. The van der Waals surface area contributed by atoms with Crippen LogP contribution in [0.2, 0.25) is 0 Å². The average molecular weight is 1030 g/mol. The number of methoxy groups -OCH3 is 1. The van der Waals surface area contributed by atoms with Crippen molar-refractivity contribution in [2.45, 2.75) is 108 Å². The normalized spacial score (nSPS) is 17.2. The molecule has 18 nitrogen and oxygen atoms in total. The first kappa shape index (κ1) is 56.9. The van der Waals surface area contributed by atoms with Crippen LogP contribution in [0.4, 0.5) is 0 Å². The van der Waals surface area contributed by atoms with E-state index in [-0.39, 0.29) is 42.9 Å². The lowest BCUT2D eigenvalue weighted by molar-refractivity contribution is -0.159. The molecule has 0 saturated heterocycles. The van der Waals surface area contributed by atoms with Gasteiger partial charge in [0.1, 0.15) is 29.3 Å². The molecule has 0 spiro atoms. The van der Waals surface area contributed by atoms with Gasteiger partial charge in [-0.3, -0.25) is 38.4 Å². The topological polar surface area (TPSA) is 253 Å². The van der Waals surface area contributed by atoms with Crippen molar-refractivity contribution in [3.05, 3.63) is 120 Å². The van der Waals surface area contributed by atoms with E-state index in [4.69, 9.17) is 14.2 Å². The maximum absolute atomic E-state index is 14.7. The minimum atomic E-state index is -1.54. The number of rotatable bonds is 24.